The lowest BCUT2D eigenvalue weighted by atomic mass is 9.85. The van der Waals surface area contributed by atoms with Crippen LogP contribution in [0.3, 0.4) is 0 Å². The van der Waals surface area contributed by atoms with Crippen molar-refractivity contribution in [2.24, 2.45) is 5.41 Å². The third kappa shape index (κ3) is 2.34. The lowest BCUT2D eigenvalue weighted by Crippen LogP contribution is -2.43. The van der Waals surface area contributed by atoms with Crippen LogP contribution in [0, 0.1) is 12.3 Å². The Morgan fingerprint density at radius 2 is 2.24 bits per heavy atom. The van der Waals surface area contributed by atoms with Gasteiger partial charge in [-0.25, -0.2) is 0 Å². The Balaban J connectivity index is 2.00. The molecule has 1 aliphatic heterocycles. The van der Waals surface area contributed by atoms with E-state index in [0.29, 0.717) is 6.61 Å². The number of para-hydroxylation sites is 1. The molecule has 2 unspecified atom stereocenters. The molecule has 0 spiro atoms. The van der Waals surface area contributed by atoms with Gasteiger partial charge in [-0.05, 0) is 26.0 Å². The fourth-order valence-corrected chi connectivity index (χ4v) is 2.70. The van der Waals surface area contributed by atoms with E-state index in [1.807, 2.05) is 37.3 Å². The molecule has 5 heteroatoms. The van der Waals surface area contributed by atoms with Crippen LogP contribution in [-0.4, -0.2) is 35.3 Å². The van der Waals surface area contributed by atoms with E-state index in [4.69, 9.17) is 4.74 Å². The fourth-order valence-electron chi connectivity index (χ4n) is 2.70. The normalized spacial score (nSPS) is 25.1. The highest BCUT2D eigenvalue weighted by Gasteiger charge is 2.46. The number of carboxylic acid groups (broad SMARTS) is 1. The number of fused-ring (bicyclic) bond motifs is 1. The van der Waals surface area contributed by atoms with Crippen LogP contribution in [0.2, 0.25) is 0 Å². The van der Waals surface area contributed by atoms with Gasteiger partial charge in [0.2, 0.25) is 0 Å². The molecule has 5 nitrogen and oxygen atoms in total. The van der Waals surface area contributed by atoms with E-state index in [-0.39, 0.29) is 12.6 Å². The van der Waals surface area contributed by atoms with Crippen LogP contribution >= 0.6 is 0 Å². The summed E-state index contributed by atoms with van der Waals surface area (Å²) in [5.74, 6) is -0.840. The molecule has 110 valence electrons. The Morgan fingerprint density at radius 1 is 1.48 bits per heavy atom. The Morgan fingerprint density at radius 3 is 3.00 bits per heavy atom. The molecule has 2 heterocycles. The number of nitrogens with zero attached hydrogens (tertiary/aromatic N) is 1. The van der Waals surface area contributed by atoms with E-state index in [9.17, 15) is 9.90 Å². The van der Waals surface area contributed by atoms with Gasteiger partial charge >= 0.3 is 5.97 Å². The highest BCUT2D eigenvalue weighted by Crippen LogP contribution is 2.33. The molecule has 1 aliphatic rings. The van der Waals surface area contributed by atoms with Crippen molar-refractivity contribution in [3.05, 3.63) is 36.0 Å². The van der Waals surface area contributed by atoms with Crippen molar-refractivity contribution in [3.63, 3.8) is 0 Å². The summed E-state index contributed by atoms with van der Waals surface area (Å²) in [6.45, 7) is 4.26. The molecule has 0 amide bonds. The second-order valence-electron chi connectivity index (χ2n) is 5.76. The summed E-state index contributed by atoms with van der Waals surface area (Å²) in [5.41, 5.74) is 1.78. The number of benzene rings is 1. The van der Waals surface area contributed by atoms with Gasteiger partial charge in [0.05, 0.1) is 24.8 Å². The number of rotatable bonds is 3. The second kappa shape index (κ2) is 5.00. The number of hydrogen-bond donors (Lipinski definition) is 2. The first-order valence-corrected chi connectivity index (χ1v) is 6.95. The zero-order valence-corrected chi connectivity index (χ0v) is 12.1. The zero-order valence-electron chi connectivity index (χ0n) is 12.1. The summed E-state index contributed by atoms with van der Waals surface area (Å²) in [4.78, 5) is 16.0. The zero-order chi connectivity index (χ0) is 15.0. The number of aliphatic carboxylic acids is 1. The van der Waals surface area contributed by atoms with E-state index in [0.717, 1.165) is 22.3 Å². The number of hydrogen-bond acceptors (Lipinski definition) is 4. The fraction of sp³-hybridized carbons (Fsp3) is 0.375. The first-order chi connectivity index (χ1) is 10.0. The molecule has 0 saturated carbocycles. The van der Waals surface area contributed by atoms with Gasteiger partial charge in [-0.3, -0.25) is 9.78 Å². The molecule has 3 rings (SSSR count). The minimum Gasteiger partial charge on any atom is -0.481 e. The van der Waals surface area contributed by atoms with Gasteiger partial charge in [-0.15, -0.1) is 0 Å². The first-order valence-electron chi connectivity index (χ1n) is 6.95. The topological polar surface area (TPSA) is 71.5 Å². The maximum Gasteiger partial charge on any atom is 0.313 e. The minimum atomic E-state index is -0.918. The summed E-state index contributed by atoms with van der Waals surface area (Å²) in [7, 11) is 0. The molecular weight excluding hydrogens is 268 g/mol. The molecule has 21 heavy (non-hydrogen) atoms. The first kappa shape index (κ1) is 13.8. The monoisotopic (exact) mass is 286 g/mol. The second-order valence-corrected chi connectivity index (χ2v) is 5.76. The Hall–Kier alpha value is -2.14. The SMILES string of the molecule is Cc1cc(NC2COCC2(C)C(=O)O)c2ccccc2n1. The molecule has 2 N–H and O–H groups in total. The summed E-state index contributed by atoms with van der Waals surface area (Å²) in [6, 6.07) is 9.51. The summed E-state index contributed by atoms with van der Waals surface area (Å²) >= 11 is 0. The summed E-state index contributed by atoms with van der Waals surface area (Å²) in [5, 5.41) is 13.8. The number of aryl methyl sites for hydroxylation is 1. The lowest BCUT2D eigenvalue weighted by molar-refractivity contribution is -0.148. The van der Waals surface area contributed by atoms with Crippen molar-refractivity contribution in [3.8, 4) is 0 Å². The Bertz CT molecular complexity index is 701. The number of aromatic nitrogens is 1. The van der Waals surface area contributed by atoms with Gasteiger partial charge in [-0.1, -0.05) is 18.2 Å². The van der Waals surface area contributed by atoms with E-state index >= 15 is 0 Å². The standard InChI is InChI=1S/C16H18N2O3/c1-10-7-13(11-5-3-4-6-12(11)17-10)18-14-8-21-9-16(14,2)15(19)20/h3-7,14H,8-9H2,1-2H3,(H,17,18)(H,19,20). The largest absolute Gasteiger partial charge is 0.481 e. The van der Waals surface area contributed by atoms with Gasteiger partial charge in [0.15, 0.2) is 0 Å². The average Bonchev–Trinajstić information content (AvgIpc) is 2.81. The lowest BCUT2D eigenvalue weighted by Gasteiger charge is -2.27. The van der Waals surface area contributed by atoms with Crippen molar-refractivity contribution in [2.75, 3.05) is 18.5 Å². The van der Waals surface area contributed by atoms with Crippen LogP contribution in [0.15, 0.2) is 30.3 Å². The molecule has 0 radical (unpaired) electrons. The molecule has 2 atom stereocenters. The predicted octanol–water partition coefficient (Wildman–Crippen LogP) is 2.44. The maximum atomic E-state index is 11.5. The molecule has 1 fully saturated rings. The van der Waals surface area contributed by atoms with Crippen molar-refractivity contribution in [2.45, 2.75) is 19.9 Å². The summed E-state index contributed by atoms with van der Waals surface area (Å²) in [6.07, 6.45) is 0. The Kier molecular flexibility index (Phi) is 3.29. The van der Waals surface area contributed by atoms with E-state index < -0.39 is 11.4 Å². The van der Waals surface area contributed by atoms with Gasteiger partial charge in [0.25, 0.3) is 0 Å². The number of carbonyl (C=O) groups is 1. The van der Waals surface area contributed by atoms with Gasteiger partial charge in [0, 0.05) is 16.8 Å². The van der Waals surface area contributed by atoms with Crippen LogP contribution in [0.25, 0.3) is 10.9 Å². The van der Waals surface area contributed by atoms with Crippen molar-refractivity contribution >= 4 is 22.6 Å². The predicted molar refractivity (Wildman–Crippen MR) is 80.5 cm³/mol. The van der Waals surface area contributed by atoms with E-state index in [1.54, 1.807) is 6.92 Å². The minimum absolute atomic E-state index is 0.224. The van der Waals surface area contributed by atoms with Crippen LogP contribution in [0.1, 0.15) is 12.6 Å². The third-order valence-corrected chi connectivity index (χ3v) is 4.12. The van der Waals surface area contributed by atoms with Gasteiger partial charge in [0.1, 0.15) is 5.41 Å². The van der Waals surface area contributed by atoms with E-state index in [1.165, 1.54) is 0 Å². The third-order valence-electron chi connectivity index (χ3n) is 4.12. The number of ether oxygens (including phenoxy) is 1. The van der Waals surface area contributed by atoms with Crippen LogP contribution < -0.4 is 5.32 Å². The van der Waals surface area contributed by atoms with Crippen LogP contribution in [0.5, 0.6) is 0 Å². The molecule has 0 bridgehead atoms. The quantitative estimate of drug-likeness (QED) is 0.906. The smallest absolute Gasteiger partial charge is 0.313 e. The molecule has 0 aliphatic carbocycles. The Labute approximate surface area is 123 Å². The number of anilines is 1. The number of pyridine rings is 1. The average molecular weight is 286 g/mol. The summed E-state index contributed by atoms with van der Waals surface area (Å²) < 4.78 is 5.39. The molecule has 2 aromatic rings. The molecule has 1 saturated heterocycles. The van der Waals surface area contributed by atoms with Crippen LogP contribution in [-0.2, 0) is 9.53 Å². The molecule has 1 aromatic carbocycles. The molecular formula is C16H18N2O3. The van der Waals surface area contributed by atoms with Gasteiger partial charge in [-0.2, -0.15) is 0 Å². The van der Waals surface area contributed by atoms with Crippen molar-refractivity contribution < 1.29 is 14.6 Å². The number of nitrogens with one attached hydrogen (secondary N) is 1. The van der Waals surface area contributed by atoms with Crippen LogP contribution in [0.4, 0.5) is 5.69 Å². The number of carboxylic acids is 1. The van der Waals surface area contributed by atoms with Gasteiger partial charge < -0.3 is 15.2 Å². The van der Waals surface area contributed by atoms with E-state index in [2.05, 4.69) is 10.3 Å². The molecule has 1 aromatic heterocycles. The van der Waals surface area contributed by atoms with Crippen molar-refractivity contribution in [1.82, 2.24) is 4.98 Å². The highest BCUT2D eigenvalue weighted by atomic mass is 16.5. The highest BCUT2D eigenvalue weighted by molar-refractivity contribution is 5.92. The van der Waals surface area contributed by atoms with Crippen molar-refractivity contribution in [1.29, 1.82) is 0 Å². The maximum absolute atomic E-state index is 11.5.